The van der Waals surface area contributed by atoms with Crippen LogP contribution in [0.3, 0.4) is 0 Å². The van der Waals surface area contributed by atoms with Crippen molar-refractivity contribution in [2.24, 2.45) is 20.9 Å². The Balaban J connectivity index is 2.13. The molecule has 2 heterocycles. The van der Waals surface area contributed by atoms with Crippen LogP contribution in [0.4, 0.5) is 0 Å². The molecule has 1 atom stereocenters. The Bertz CT molecular complexity index is 435. The van der Waals surface area contributed by atoms with Crippen molar-refractivity contribution < 1.29 is 9.59 Å². The van der Waals surface area contributed by atoms with Crippen LogP contribution < -0.4 is 10.6 Å². The van der Waals surface area contributed by atoms with Gasteiger partial charge in [-0.3, -0.25) is 20.2 Å². The molecule has 16 heavy (non-hydrogen) atoms. The van der Waals surface area contributed by atoms with E-state index in [9.17, 15) is 9.59 Å². The first-order valence-corrected chi connectivity index (χ1v) is 4.87. The molecular weight excluding hydrogens is 210 g/mol. The minimum atomic E-state index is -0.615. The summed E-state index contributed by atoms with van der Waals surface area (Å²) in [5.74, 6) is -0.633. The Kier molecular flexibility index (Phi) is 2.51. The van der Waals surface area contributed by atoms with E-state index in [1.54, 1.807) is 13.8 Å². The van der Waals surface area contributed by atoms with Crippen LogP contribution in [-0.2, 0) is 9.59 Å². The van der Waals surface area contributed by atoms with Crippen molar-refractivity contribution >= 4 is 29.8 Å². The molecule has 2 aliphatic rings. The van der Waals surface area contributed by atoms with Gasteiger partial charge in [-0.2, -0.15) is 0 Å². The Morgan fingerprint density at radius 1 is 1.56 bits per heavy atom. The molecule has 0 aromatic rings. The Hall–Kier alpha value is -2.05. The van der Waals surface area contributed by atoms with Gasteiger partial charge in [0.05, 0.1) is 0 Å². The van der Waals surface area contributed by atoms with E-state index in [0.717, 1.165) is 0 Å². The zero-order valence-electron chi connectivity index (χ0n) is 8.89. The zero-order chi connectivity index (χ0) is 11.7. The molecule has 1 unspecified atom stereocenters. The number of nitrogens with one attached hydrogen (secondary N) is 2. The van der Waals surface area contributed by atoms with Crippen molar-refractivity contribution in [3.8, 4) is 0 Å². The number of guanidine groups is 1. The standard InChI is InChI=1S/C9H11N5O2/c1-4(2)7(15)13-9-12-6-5(8(16)14-9)10-3-11-6/h3-4,6H,1-2H3,(H2,12,13,14,15,16). The zero-order valence-corrected chi connectivity index (χ0v) is 8.89. The average Bonchev–Trinajstić information content (AvgIpc) is 2.65. The van der Waals surface area contributed by atoms with Gasteiger partial charge in [-0.25, -0.2) is 15.0 Å². The highest BCUT2D eigenvalue weighted by atomic mass is 16.2. The predicted octanol–water partition coefficient (Wildman–Crippen LogP) is -0.947. The number of carbonyl (C=O) groups excluding carboxylic acids is 2. The van der Waals surface area contributed by atoms with Gasteiger partial charge in [0.2, 0.25) is 11.9 Å². The SMILES string of the molecule is CC(C)C(=O)NC1=NC2N=CN=C2C(=O)N1. The molecule has 0 radical (unpaired) electrons. The van der Waals surface area contributed by atoms with Gasteiger partial charge >= 0.3 is 0 Å². The second-order valence-corrected chi connectivity index (χ2v) is 3.73. The topological polar surface area (TPSA) is 95.3 Å². The van der Waals surface area contributed by atoms with Crippen molar-refractivity contribution in [3.05, 3.63) is 0 Å². The van der Waals surface area contributed by atoms with E-state index in [2.05, 4.69) is 25.6 Å². The molecule has 84 valence electrons. The summed E-state index contributed by atoms with van der Waals surface area (Å²) >= 11 is 0. The lowest BCUT2D eigenvalue weighted by molar-refractivity contribution is -0.122. The molecule has 2 N–H and O–H groups in total. The number of hydrogen-bond donors (Lipinski definition) is 2. The third-order valence-corrected chi connectivity index (χ3v) is 2.13. The quantitative estimate of drug-likeness (QED) is 0.597. The first-order valence-electron chi connectivity index (χ1n) is 4.87. The van der Waals surface area contributed by atoms with Gasteiger partial charge in [0.25, 0.3) is 5.91 Å². The molecule has 7 heteroatoms. The van der Waals surface area contributed by atoms with Crippen LogP contribution in [0.15, 0.2) is 15.0 Å². The van der Waals surface area contributed by atoms with Crippen LogP contribution in [0.25, 0.3) is 0 Å². The van der Waals surface area contributed by atoms with E-state index >= 15 is 0 Å². The van der Waals surface area contributed by atoms with Crippen molar-refractivity contribution in [1.82, 2.24) is 10.6 Å². The minimum absolute atomic E-state index is 0.131. The minimum Gasteiger partial charge on any atom is -0.296 e. The molecule has 2 aliphatic heterocycles. The van der Waals surface area contributed by atoms with Gasteiger partial charge in [0, 0.05) is 5.92 Å². The van der Waals surface area contributed by atoms with E-state index in [1.807, 2.05) is 0 Å². The third-order valence-electron chi connectivity index (χ3n) is 2.13. The maximum atomic E-state index is 11.5. The Labute approximate surface area is 91.8 Å². The molecular formula is C9H11N5O2. The van der Waals surface area contributed by atoms with Crippen molar-refractivity contribution in [1.29, 1.82) is 0 Å². The summed E-state index contributed by atoms with van der Waals surface area (Å²) in [6.07, 6.45) is 0.673. The lowest BCUT2D eigenvalue weighted by Crippen LogP contribution is -2.52. The summed E-state index contributed by atoms with van der Waals surface area (Å²) in [6, 6.07) is 0. The molecule has 0 saturated carbocycles. The van der Waals surface area contributed by atoms with E-state index in [-0.39, 0.29) is 29.4 Å². The number of rotatable bonds is 1. The van der Waals surface area contributed by atoms with Gasteiger partial charge in [-0.15, -0.1) is 0 Å². The fraction of sp³-hybridized carbons (Fsp3) is 0.444. The number of fused-ring (bicyclic) bond motifs is 1. The molecule has 2 amide bonds. The van der Waals surface area contributed by atoms with E-state index < -0.39 is 6.17 Å². The summed E-state index contributed by atoms with van der Waals surface area (Å²) in [5, 5.41) is 4.95. The van der Waals surface area contributed by atoms with Crippen molar-refractivity contribution in [2.45, 2.75) is 20.0 Å². The maximum Gasteiger partial charge on any atom is 0.276 e. The van der Waals surface area contributed by atoms with E-state index in [1.165, 1.54) is 6.34 Å². The predicted molar refractivity (Wildman–Crippen MR) is 58.3 cm³/mol. The largest absolute Gasteiger partial charge is 0.296 e. The van der Waals surface area contributed by atoms with E-state index in [4.69, 9.17) is 0 Å². The fourth-order valence-corrected chi connectivity index (χ4v) is 1.22. The molecule has 0 aromatic heterocycles. The highest BCUT2D eigenvalue weighted by Gasteiger charge is 2.31. The van der Waals surface area contributed by atoms with Gasteiger partial charge in [-0.1, -0.05) is 13.8 Å². The van der Waals surface area contributed by atoms with Gasteiger partial charge < -0.3 is 0 Å². The smallest absolute Gasteiger partial charge is 0.276 e. The molecule has 0 saturated heterocycles. The maximum absolute atomic E-state index is 11.5. The summed E-state index contributed by atoms with van der Waals surface area (Å²) in [4.78, 5) is 34.6. The van der Waals surface area contributed by atoms with Crippen LogP contribution in [0.2, 0.25) is 0 Å². The van der Waals surface area contributed by atoms with Crippen LogP contribution in [0.1, 0.15) is 13.8 Å². The van der Waals surface area contributed by atoms with Crippen LogP contribution in [0.5, 0.6) is 0 Å². The van der Waals surface area contributed by atoms with E-state index in [0.29, 0.717) is 0 Å². The number of hydrogen-bond acceptors (Lipinski definition) is 5. The molecule has 7 nitrogen and oxygen atoms in total. The van der Waals surface area contributed by atoms with Gasteiger partial charge in [0.1, 0.15) is 6.34 Å². The fourth-order valence-electron chi connectivity index (χ4n) is 1.22. The second-order valence-electron chi connectivity index (χ2n) is 3.73. The summed E-state index contributed by atoms with van der Waals surface area (Å²) in [7, 11) is 0. The van der Waals surface area contributed by atoms with Gasteiger partial charge in [0.15, 0.2) is 11.9 Å². The Morgan fingerprint density at radius 3 is 3.00 bits per heavy atom. The number of nitrogens with zero attached hydrogens (tertiary/aromatic N) is 3. The van der Waals surface area contributed by atoms with Crippen molar-refractivity contribution in [3.63, 3.8) is 0 Å². The first-order chi connectivity index (χ1) is 7.58. The number of aliphatic imine (C=N–C) groups is 3. The summed E-state index contributed by atoms with van der Waals surface area (Å²) < 4.78 is 0. The summed E-state index contributed by atoms with van der Waals surface area (Å²) in [5.41, 5.74) is 0.252. The lowest BCUT2D eigenvalue weighted by atomic mass is 10.2. The normalized spacial score (nSPS) is 22.4. The molecule has 0 aliphatic carbocycles. The van der Waals surface area contributed by atoms with Gasteiger partial charge in [-0.05, 0) is 0 Å². The Morgan fingerprint density at radius 2 is 2.31 bits per heavy atom. The monoisotopic (exact) mass is 221 g/mol. The third kappa shape index (κ3) is 1.83. The van der Waals surface area contributed by atoms with Crippen molar-refractivity contribution in [2.75, 3.05) is 0 Å². The second kappa shape index (κ2) is 3.84. The highest BCUT2D eigenvalue weighted by Crippen LogP contribution is 2.07. The number of amides is 2. The summed E-state index contributed by atoms with van der Waals surface area (Å²) in [6.45, 7) is 3.50. The highest BCUT2D eigenvalue weighted by molar-refractivity contribution is 6.46. The number of carbonyl (C=O) groups is 2. The lowest BCUT2D eigenvalue weighted by Gasteiger charge is -2.18. The van der Waals surface area contributed by atoms with Crippen LogP contribution in [-0.4, -0.2) is 36.0 Å². The molecule has 0 spiro atoms. The van der Waals surface area contributed by atoms with Crippen LogP contribution >= 0.6 is 0 Å². The molecule has 0 fully saturated rings. The molecule has 2 rings (SSSR count). The molecule has 0 bridgehead atoms. The molecule has 0 aromatic carbocycles. The first kappa shape index (κ1) is 10.5. The van der Waals surface area contributed by atoms with Crippen LogP contribution in [0, 0.1) is 5.92 Å². The average molecular weight is 221 g/mol.